The van der Waals surface area contributed by atoms with Crippen molar-refractivity contribution in [2.45, 2.75) is 27.2 Å². The molecule has 2 atom stereocenters. The van der Waals surface area contributed by atoms with E-state index in [1.54, 1.807) is 0 Å². The van der Waals surface area contributed by atoms with E-state index in [4.69, 9.17) is 0 Å². The summed E-state index contributed by atoms with van der Waals surface area (Å²) in [7, 11) is 0. The van der Waals surface area contributed by atoms with Crippen LogP contribution >= 0.6 is 0 Å². The van der Waals surface area contributed by atoms with Crippen LogP contribution in [0.2, 0.25) is 0 Å². The molecule has 2 aliphatic rings. The molecule has 5 nitrogen and oxygen atoms in total. The lowest BCUT2D eigenvalue weighted by atomic mass is 10.0. The number of anilines is 2. The summed E-state index contributed by atoms with van der Waals surface area (Å²) in [6.07, 6.45) is 0.660. The molecule has 1 saturated heterocycles. The zero-order valence-corrected chi connectivity index (χ0v) is 17.4. The molecule has 152 valence electrons. The molecular formula is C24H29N3O2. The number of para-hydroxylation sites is 1. The number of carbonyl (C=O) groups is 2. The maximum absolute atomic E-state index is 12.9. The van der Waals surface area contributed by atoms with Crippen LogP contribution in [-0.2, 0) is 9.59 Å². The Labute approximate surface area is 172 Å². The van der Waals surface area contributed by atoms with E-state index in [9.17, 15) is 9.59 Å². The number of carbonyl (C=O) groups excluding carboxylic acids is 2. The van der Waals surface area contributed by atoms with Gasteiger partial charge in [0.15, 0.2) is 0 Å². The average Bonchev–Trinajstić information content (AvgIpc) is 3.52. The first kappa shape index (κ1) is 19.5. The molecule has 2 amide bonds. The van der Waals surface area contributed by atoms with Gasteiger partial charge in [-0.3, -0.25) is 9.59 Å². The zero-order valence-electron chi connectivity index (χ0n) is 17.4. The number of nitrogens with zero attached hydrogens (tertiary/aromatic N) is 2. The molecule has 1 saturated carbocycles. The normalized spacial score (nSPS) is 21.1. The second-order valence-electron chi connectivity index (χ2n) is 8.36. The summed E-state index contributed by atoms with van der Waals surface area (Å²) in [4.78, 5) is 29.8. The number of nitrogens with one attached hydrogen (secondary N) is 1. The molecule has 2 fully saturated rings. The van der Waals surface area contributed by atoms with Crippen LogP contribution in [0.5, 0.6) is 0 Å². The number of hydrogen-bond acceptors (Lipinski definition) is 3. The molecule has 0 radical (unpaired) electrons. The molecule has 0 bridgehead atoms. The quantitative estimate of drug-likeness (QED) is 0.867. The van der Waals surface area contributed by atoms with E-state index in [0.717, 1.165) is 43.0 Å². The molecule has 5 heteroatoms. The molecule has 2 unspecified atom stereocenters. The highest BCUT2D eigenvalue weighted by atomic mass is 16.2. The van der Waals surface area contributed by atoms with Crippen molar-refractivity contribution in [3.8, 4) is 0 Å². The topological polar surface area (TPSA) is 52.7 Å². The van der Waals surface area contributed by atoms with Gasteiger partial charge in [0.05, 0.1) is 11.8 Å². The minimum atomic E-state index is -0.199. The fourth-order valence-electron chi connectivity index (χ4n) is 4.41. The molecule has 1 aliphatic carbocycles. The van der Waals surface area contributed by atoms with Crippen LogP contribution in [0.25, 0.3) is 0 Å². The van der Waals surface area contributed by atoms with Crippen LogP contribution < -0.4 is 10.2 Å². The van der Waals surface area contributed by atoms with E-state index in [2.05, 4.69) is 41.4 Å². The Balaban J connectivity index is 1.31. The largest absolute Gasteiger partial charge is 0.368 e. The first-order chi connectivity index (χ1) is 13.9. The van der Waals surface area contributed by atoms with Crippen molar-refractivity contribution in [1.29, 1.82) is 0 Å². The van der Waals surface area contributed by atoms with Crippen LogP contribution in [0.15, 0.2) is 42.5 Å². The van der Waals surface area contributed by atoms with Crippen LogP contribution in [0, 0.1) is 32.6 Å². The molecule has 2 aromatic carbocycles. The molecule has 1 aliphatic heterocycles. The fraction of sp³-hybridized carbons (Fsp3) is 0.417. The van der Waals surface area contributed by atoms with Crippen molar-refractivity contribution in [1.82, 2.24) is 4.90 Å². The molecule has 2 aromatic rings. The van der Waals surface area contributed by atoms with Crippen LogP contribution in [-0.4, -0.2) is 42.9 Å². The van der Waals surface area contributed by atoms with Gasteiger partial charge in [-0.25, -0.2) is 0 Å². The van der Waals surface area contributed by atoms with Gasteiger partial charge in [-0.2, -0.15) is 0 Å². The van der Waals surface area contributed by atoms with Gasteiger partial charge in [-0.15, -0.1) is 0 Å². The molecule has 29 heavy (non-hydrogen) atoms. The number of benzene rings is 2. The third kappa shape index (κ3) is 4.14. The monoisotopic (exact) mass is 391 g/mol. The number of hydrogen-bond donors (Lipinski definition) is 1. The Kier molecular flexibility index (Phi) is 5.31. The highest BCUT2D eigenvalue weighted by Crippen LogP contribution is 2.41. The Morgan fingerprint density at radius 3 is 2.14 bits per heavy atom. The summed E-state index contributed by atoms with van der Waals surface area (Å²) in [6.45, 7) is 9.18. The van der Waals surface area contributed by atoms with E-state index in [-0.39, 0.29) is 23.7 Å². The van der Waals surface area contributed by atoms with Crippen LogP contribution in [0.4, 0.5) is 11.4 Å². The minimum Gasteiger partial charge on any atom is -0.368 e. The SMILES string of the molecule is Cc1cc(C)c(NC(=O)C2CC2C(=O)N2CCN(c3ccccc3)CC2)c(C)c1. The number of aryl methyl sites for hydroxylation is 3. The van der Waals surface area contributed by atoms with Crippen molar-refractivity contribution >= 4 is 23.2 Å². The third-order valence-electron chi connectivity index (χ3n) is 6.08. The predicted octanol–water partition coefficient (Wildman–Crippen LogP) is 3.54. The molecule has 0 spiro atoms. The summed E-state index contributed by atoms with van der Waals surface area (Å²) in [6, 6.07) is 14.5. The molecule has 0 aromatic heterocycles. The van der Waals surface area contributed by atoms with Gasteiger partial charge in [-0.1, -0.05) is 35.9 Å². The summed E-state index contributed by atoms with van der Waals surface area (Å²) >= 11 is 0. The van der Waals surface area contributed by atoms with Crippen LogP contribution in [0.1, 0.15) is 23.1 Å². The van der Waals surface area contributed by atoms with Crippen molar-refractivity contribution in [3.05, 3.63) is 59.2 Å². The highest BCUT2D eigenvalue weighted by Gasteiger charge is 2.49. The fourth-order valence-corrected chi connectivity index (χ4v) is 4.41. The lowest BCUT2D eigenvalue weighted by molar-refractivity contribution is -0.134. The Morgan fingerprint density at radius 1 is 0.897 bits per heavy atom. The van der Waals surface area contributed by atoms with E-state index in [0.29, 0.717) is 6.42 Å². The highest BCUT2D eigenvalue weighted by molar-refractivity contribution is 6.00. The minimum absolute atomic E-state index is 0.0266. The van der Waals surface area contributed by atoms with Gasteiger partial charge in [0.25, 0.3) is 0 Å². The molecular weight excluding hydrogens is 362 g/mol. The van der Waals surface area contributed by atoms with Gasteiger partial charge in [0.2, 0.25) is 11.8 Å². The van der Waals surface area contributed by atoms with Crippen molar-refractivity contribution in [2.75, 3.05) is 36.4 Å². The summed E-state index contributed by atoms with van der Waals surface area (Å²) in [5.74, 6) is -0.254. The van der Waals surface area contributed by atoms with Crippen molar-refractivity contribution < 1.29 is 9.59 Å². The van der Waals surface area contributed by atoms with Gasteiger partial charge < -0.3 is 15.1 Å². The second-order valence-corrected chi connectivity index (χ2v) is 8.36. The molecule has 1 N–H and O–H groups in total. The number of amides is 2. The second kappa shape index (κ2) is 7.90. The summed E-state index contributed by atoms with van der Waals surface area (Å²) < 4.78 is 0. The third-order valence-corrected chi connectivity index (χ3v) is 6.08. The smallest absolute Gasteiger partial charge is 0.228 e. The zero-order chi connectivity index (χ0) is 20.5. The van der Waals surface area contributed by atoms with Gasteiger partial charge in [0, 0.05) is 37.6 Å². The van der Waals surface area contributed by atoms with E-state index in [1.165, 1.54) is 11.3 Å². The van der Waals surface area contributed by atoms with E-state index >= 15 is 0 Å². The van der Waals surface area contributed by atoms with E-state index < -0.39 is 0 Å². The van der Waals surface area contributed by atoms with Gasteiger partial charge in [-0.05, 0) is 50.5 Å². The van der Waals surface area contributed by atoms with Crippen molar-refractivity contribution in [2.24, 2.45) is 11.8 Å². The Bertz CT molecular complexity index is 894. The predicted molar refractivity (Wildman–Crippen MR) is 116 cm³/mol. The Hall–Kier alpha value is -2.82. The van der Waals surface area contributed by atoms with Gasteiger partial charge >= 0.3 is 0 Å². The molecule has 4 rings (SSSR count). The summed E-state index contributed by atoms with van der Waals surface area (Å²) in [5.41, 5.74) is 5.40. The maximum Gasteiger partial charge on any atom is 0.228 e. The number of rotatable bonds is 4. The van der Waals surface area contributed by atoms with Crippen molar-refractivity contribution in [3.63, 3.8) is 0 Å². The first-order valence-corrected chi connectivity index (χ1v) is 10.4. The van der Waals surface area contributed by atoms with Crippen LogP contribution in [0.3, 0.4) is 0 Å². The first-order valence-electron chi connectivity index (χ1n) is 10.4. The standard InChI is InChI=1S/C24H29N3O2/c1-16-13-17(2)22(18(3)14-16)25-23(28)20-15-21(20)24(29)27-11-9-26(10-12-27)19-7-5-4-6-8-19/h4-8,13-14,20-21H,9-12,15H2,1-3H3,(H,25,28). The number of piperazine rings is 1. The van der Waals surface area contributed by atoms with Gasteiger partial charge in [0.1, 0.15) is 0 Å². The summed E-state index contributed by atoms with van der Waals surface area (Å²) in [5, 5.41) is 3.07. The van der Waals surface area contributed by atoms with E-state index in [1.807, 2.05) is 36.9 Å². The lowest BCUT2D eigenvalue weighted by Gasteiger charge is -2.36. The average molecular weight is 392 g/mol. The Morgan fingerprint density at radius 2 is 1.52 bits per heavy atom. The lowest BCUT2D eigenvalue weighted by Crippen LogP contribution is -2.49. The molecule has 1 heterocycles. The maximum atomic E-state index is 12.9.